The summed E-state index contributed by atoms with van der Waals surface area (Å²) in [6.07, 6.45) is 3.55. The molecule has 0 amide bonds. The molecule has 6 nitrogen and oxygen atoms in total. The summed E-state index contributed by atoms with van der Waals surface area (Å²) >= 11 is 0. The van der Waals surface area contributed by atoms with E-state index in [9.17, 15) is 13.0 Å². The fourth-order valence-electron chi connectivity index (χ4n) is 1.22. The molecule has 0 bridgehead atoms. The zero-order chi connectivity index (χ0) is 14.7. The van der Waals surface area contributed by atoms with E-state index in [1.807, 2.05) is 27.1 Å². The highest BCUT2D eigenvalue weighted by atomic mass is 32.2. The molecule has 19 heavy (non-hydrogen) atoms. The molecule has 1 aliphatic rings. The van der Waals surface area contributed by atoms with Gasteiger partial charge in [0.2, 0.25) is 5.84 Å². The second-order valence-electron chi connectivity index (χ2n) is 4.39. The molecule has 1 aromatic rings. The van der Waals surface area contributed by atoms with E-state index >= 15 is 0 Å². The van der Waals surface area contributed by atoms with E-state index in [-0.39, 0.29) is 4.90 Å². The Bertz CT molecular complexity index is 602. The van der Waals surface area contributed by atoms with Gasteiger partial charge in [-0.15, -0.1) is 0 Å². The van der Waals surface area contributed by atoms with Crippen LogP contribution in [-0.4, -0.2) is 30.4 Å². The zero-order valence-electron chi connectivity index (χ0n) is 11.1. The summed E-state index contributed by atoms with van der Waals surface area (Å²) < 4.78 is 31.5. The molecule has 104 valence electrons. The molecule has 1 unspecified atom stereocenters. The number of aliphatic imine (C=N–C) groups is 1. The van der Waals surface area contributed by atoms with Crippen molar-refractivity contribution >= 4 is 16.0 Å². The molecule has 0 aromatic heterocycles. The van der Waals surface area contributed by atoms with Crippen molar-refractivity contribution in [2.24, 2.45) is 10.8 Å². The molecule has 1 aliphatic heterocycles. The lowest BCUT2D eigenvalue weighted by Crippen LogP contribution is -2.47. The lowest BCUT2D eigenvalue weighted by atomic mass is 10.2. The van der Waals surface area contributed by atoms with Crippen molar-refractivity contribution in [3.05, 3.63) is 42.2 Å². The Morgan fingerprint density at radius 1 is 1.21 bits per heavy atom. The predicted octanol–water partition coefficient (Wildman–Crippen LogP) is 1.11. The molecule has 0 radical (unpaired) electrons. The quantitative estimate of drug-likeness (QED) is 0.474. The highest BCUT2D eigenvalue weighted by Crippen LogP contribution is 2.08. The number of quaternary nitrogens is 1. The third kappa shape index (κ3) is 4.56. The first-order valence-electron chi connectivity index (χ1n) is 5.53. The first-order chi connectivity index (χ1) is 8.63. The third-order valence-electron chi connectivity index (χ3n) is 2.64. The van der Waals surface area contributed by atoms with Crippen LogP contribution in [0.2, 0.25) is 0 Å². The van der Waals surface area contributed by atoms with Crippen LogP contribution >= 0.6 is 0 Å². The molecule has 0 fully saturated rings. The van der Waals surface area contributed by atoms with Crippen molar-refractivity contribution < 1.29 is 17.6 Å². The molecule has 2 rings (SSSR count). The minimum Gasteiger partial charge on any atom is -0.744 e. The number of amidine groups is 1. The molecular formula is C12H17N3O3S. The Morgan fingerprint density at radius 3 is 2.00 bits per heavy atom. The number of hydrogen-bond acceptors (Lipinski definition) is 5. The van der Waals surface area contributed by atoms with Gasteiger partial charge in [0.1, 0.15) is 16.3 Å². The second-order valence-corrected chi connectivity index (χ2v) is 5.77. The first-order valence-corrected chi connectivity index (χ1v) is 6.94. The largest absolute Gasteiger partial charge is 0.744 e. The van der Waals surface area contributed by atoms with Gasteiger partial charge in [-0.2, -0.15) is 10.4 Å². The Balaban J connectivity index is 0.000000200. The molecule has 7 heteroatoms. The minimum atomic E-state index is -4.27. The van der Waals surface area contributed by atoms with Gasteiger partial charge in [-0.05, 0) is 19.1 Å². The van der Waals surface area contributed by atoms with Crippen molar-refractivity contribution in [3.8, 4) is 0 Å². The van der Waals surface area contributed by atoms with E-state index in [1.54, 1.807) is 18.3 Å². The van der Waals surface area contributed by atoms with E-state index in [2.05, 4.69) is 4.99 Å². The van der Waals surface area contributed by atoms with Crippen LogP contribution in [0.1, 0.15) is 12.5 Å². The van der Waals surface area contributed by atoms with Crippen LogP contribution in [0.4, 0.5) is 0 Å². The van der Waals surface area contributed by atoms with Crippen molar-refractivity contribution in [2.75, 3.05) is 7.05 Å². The smallest absolute Gasteiger partial charge is 0.223 e. The van der Waals surface area contributed by atoms with Crippen LogP contribution in [0.15, 0.2) is 46.6 Å². The summed E-state index contributed by atoms with van der Waals surface area (Å²) in [6, 6.07) is 5.78. The molecule has 0 saturated heterocycles. The summed E-state index contributed by atoms with van der Waals surface area (Å²) in [6.45, 7) is 3.72. The van der Waals surface area contributed by atoms with Crippen molar-refractivity contribution in [1.29, 1.82) is 0 Å². The van der Waals surface area contributed by atoms with E-state index in [0.29, 0.717) is 4.59 Å². The van der Waals surface area contributed by atoms with E-state index in [0.717, 1.165) is 11.4 Å². The van der Waals surface area contributed by atoms with E-state index < -0.39 is 10.1 Å². The van der Waals surface area contributed by atoms with Crippen LogP contribution in [0.3, 0.4) is 0 Å². The van der Waals surface area contributed by atoms with Gasteiger partial charge in [0.15, 0.2) is 0 Å². The average molecular weight is 283 g/mol. The molecular weight excluding hydrogens is 266 g/mol. The highest BCUT2D eigenvalue weighted by Gasteiger charge is 2.20. The molecule has 0 aliphatic carbocycles. The number of benzene rings is 1. The number of hydrogen-bond donors (Lipinski definition) is 1. The van der Waals surface area contributed by atoms with Gasteiger partial charge in [-0.25, -0.2) is 13.4 Å². The van der Waals surface area contributed by atoms with Crippen molar-refractivity contribution in [2.45, 2.75) is 18.7 Å². The third-order valence-corrected chi connectivity index (χ3v) is 3.49. The van der Waals surface area contributed by atoms with Crippen LogP contribution < -0.4 is 5.84 Å². The van der Waals surface area contributed by atoms with Gasteiger partial charge < -0.3 is 4.55 Å². The molecule has 1 aromatic carbocycles. The fraction of sp³-hybridized carbons (Fsp3) is 0.250. The summed E-state index contributed by atoms with van der Waals surface area (Å²) in [7, 11) is -2.39. The molecule has 1 heterocycles. The molecule has 2 N–H and O–H groups in total. The number of nitrogens with zero attached hydrogens (tertiary/aromatic N) is 2. The lowest BCUT2D eigenvalue weighted by Gasteiger charge is -2.16. The standard InChI is InChI=1S/C7H8O3S.C5H10N3/c1-6-2-4-7(5-3-6)11(8,9)10;1-5-7-3-4-8(5,2)6/h2-5H,1H3,(H,8,9,10);3-4H,6H2,1-2H3/q;+1/p-1. The monoisotopic (exact) mass is 283 g/mol. The highest BCUT2D eigenvalue weighted by molar-refractivity contribution is 7.85. The average Bonchev–Trinajstić information content (AvgIpc) is 2.57. The predicted molar refractivity (Wildman–Crippen MR) is 71.8 cm³/mol. The van der Waals surface area contributed by atoms with Gasteiger partial charge >= 0.3 is 0 Å². The van der Waals surface area contributed by atoms with Crippen molar-refractivity contribution in [1.82, 2.24) is 0 Å². The summed E-state index contributed by atoms with van der Waals surface area (Å²) in [4.78, 5) is 3.79. The van der Waals surface area contributed by atoms with Crippen LogP contribution in [0.5, 0.6) is 0 Å². The van der Waals surface area contributed by atoms with Crippen molar-refractivity contribution in [3.63, 3.8) is 0 Å². The Labute approximate surface area is 113 Å². The zero-order valence-corrected chi connectivity index (χ0v) is 11.9. The molecule has 0 saturated carbocycles. The number of nitrogens with two attached hydrogens (primary N) is 1. The van der Waals surface area contributed by atoms with E-state index in [1.165, 1.54) is 12.1 Å². The lowest BCUT2D eigenvalue weighted by molar-refractivity contribution is -0.776. The van der Waals surface area contributed by atoms with Crippen LogP contribution in [0.25, 0.3) is 0 Å². The summed E-state index contributed by atoms with van der Waals surface area (Å²) in [5.74, 6) is 6.56. The molecule has 0 spiro atoms. The molecule has 1 atom stereocenters. The first kappa shape index (κ1) is 15.5. The summed E-state index contributed by atoms with van der Waals surface area (Å²) in [5, 5.41) is 0. The summed E-state index contributed by atoms with van der Waals surface area (Å²) in [5.41, 5.74) is 0.928. The Morgan fingerprint density at radius 2 is 1.74 bits per heavy atom. The van der Waals surface area contributed by atoms with E-state index in [4.69, 9.17) is 5.84 Å². The number of aryl methyl sites for hydroxylation is 1. The Kier molecular flexibility index (Phi) is 4.59. The van der Waals surface area contributed by atoms with Gasteiger partial charge in [-0.1, -0.05) is 17.7 Å². The number of rotatable bonds is 1. The minimum absolute atomic E-state index is 0.178. The van der Waals surface area contributed by atoms with Gasteiger partial charge in [-0.3, -0.25) is 0 Å². The second kappa shape index (κ2) is 5.62. The topological polar surface area (TPSA) is 95.6 Å². The van der Waals surface area contributed by atoms with Gasteiger partial charge in [0.25, 0.3) is 0 Å². The SMILES string of the molecule is CC1=NC=C[N+]1(C)N.Cc1ccc(S(=O)(=O)[O-])cc1. The maximum absolute atomic E-state index is 10.4. The van der Waals surface area contributed by atoms with Gasteiger partial charge in [0.05, 0.1) is 18.1 Å². The van der Waals surface area contributed by atoms with Crippen LogP contribution in [0, 0.1) is 6.92 Å². The fourth-order valence-corrected chi connectivity index (χ4v) is 1.69. The maximum Gasteiger partial charge on any atom is 0.223 e. The van der Waals surface area contributed by atoms with Gasteiger partial charge in [0, 0.05) is 6.92 Å². The Hall–Kier alpha value is -1.54. The maximum atomic E-state index is 10.4. The van der Waals surface area contributed by atoms with Crippen LogP contribution in [-0.2, 0) is 10.1 Å². The normalized spacial score (nSPS) is 21.6.